The highest BCUT2D eigenvalue weighted by molar-refractivity contribution is 8.13. The maximum absolute atomic E-state index is 12.7. The first-order valence-corrected chi connectivity index (χ1v) is 21.1. The van der Waals surface area contributed by atoms with Crippen molar-refractivity contribution in [2.45, 2.75) is 70.4 Å². The monoisotopic (exact) mass is 853 g/mol. The van der Waals surface area contributed by atoms with Crippen LogP contribution in [0.2, 0.25) is 0 Å². The third-order valence-electron chi connectivity index (χ3n) is 7.57. The lowest BCUT2D eigenvalue weighted by Crippen LogP contribution is -2.46. The zero-order chi connectivity index (χ0) is 40.9. The van der Waals surface area contributed by atoms with Gasteiger partial charge in [-0.05, 0) is 13.8 Å². The number of nitrogens with zero attached hydrogens (tertiary/aromatic N) is 4. The van der Waals surface area contributed by atoms with Crippen LogP contribution in [0, 0.1) is 5.41 Å². The number of thioether (sulfide) groups is 1. The Morgan fingerprint density at radius 2 is 1.72 bits per heavy atom. The Hall–Kier alpha value is -2.48. The Morgan fingerprint density at radius 3 is 2.35 bits per heavy atom. The van der Waals surface area contributed by atoms with E-state index < -0.39 is 95.3 Å². The molecule has 8 unspecified atom stereocenters. The first-order valence-electron chi connectivity index (χ1n) is 15.6. The number of ether oxygens (including phenoxy) is 1. The maximum atomic E-state index is 12.7. The number of nitrogens with two attached hydrogens (primary N) is 1. The summed E-state index contributed by atoms with van der Waals surface area (Å²) in [5.74, 6) is -1.34. The Kier molecular flexibility index (Phi) is 15.5. The summed E-state index contributed by atoms with van der Waals surface area (Å²) in [6.07, 6.45) is -6.73. The smallest absolute Gasteiger partial charge is 0.385 e. The van der Waals surface area contributed by atoms with Crippen molar-refractivity contribution >= 4 is 69.1 Å². The van der Waals surface area contributed by atoms with Gasteiger partial charge in [-0.3, -0.25) is 32.5 Å². The van der Waals surface area contributed by atoms with Gasteiger partial charge in [-0.25, -0.2) is 28.6 Å². The standard InChI is InChI=1S/C25H42N7O18P3S/c1-13(33)23(38)54-8-7-27-15(34)5-6-28-22(37)19(36)24(2,3)10-47-53(44,45)50-52(42,43)46-9-14-17(49-51(39,40)41)18(35)25(4,48-14)32-12-31-16-20(26)29-11-30-21(16)32/h11-14,17-19,33,35-36H,5-10H2,1-4H3,(H,27,34)(H,28,37)(H,42,43)(H,44,45)(H2,26,29,30)(H2,39,40,41). The quantitative estimate of drug-likeness (QED) is 0.0520. The lowest BCUT2D eigenvalue weighted by Gasteiger charge is -2.30. The molecule has 54 heavy (non-hydrogen) atoms. The molecular formula is C25H42N7O18P3S. The summed E-state index contributed by atoms with van der Waals surface area (Å²) >= 11 is 0.828. The van der Waals surface area contributed by atoms with E-state index in [0.717, 1.165) is 29.0 Å². The van der Waals surface area contributed by atoms with Crippen LogP contribution in [0.5, 0.6) is 0 Å². The normalized spacial score (nSPS) is 24.0. The van der Waals surface area contributed by atoms with Gasteiger partial charge in [-0.2, -0.15) is 4.31 Å². The molecule has 0 bridgehead atoms. The number of amides is 2. The zero-order valence-corrected chi connectivity index (χ0v) is 32.5. The van der Waals surface area contributed by atoms with Crippen LogP contribution < -0.4 is 16.4 Å². The molecule has 0 spiro atoms. The van der Waals surface area contributed by atoms with Crippen LogP contribution in [-0.4, -0.2) is 134 Å². The van der Waals surface area contributed by atoms with Gasteiger partial charge in [0.1, 0.15) is 42.4 Å². The number of nitrogens with one attached hydrogen (secondary N) is 2. The van der Waals surface area contributed by atoms with Crippen LogP contribution in [0.25, 0.3) is 11.2 Å². The minimum absolute atomic E-state index is 0.0136. The fraction of sp³-hybridized carbons (Fsp3) is 0.680. The third kappa shape index (κ3) is 12.5. The van der Waals surface area contributed by atoms with Gasteiger partial charge < -0.3 is 56.0 Å². The molecule has 3 heterocycles. The van der Waals surface area contributed by atoms with Gasteiger partial charge in [-0.15, -0.1) is 0 Å². The fourth-order valence-electron chi connectivity index (χ4n) is 4.72. The topological polar surface area (TPSA) is 384 Å². The van der Waals surface area contributed by atoms with Crippen LogP contribution in [0.1, 0.15) is 34.1 Å². The molecule has 2 amide bonds. The molecule has 0 radical (unpaired) electrons. The highest BCUT2D eigenvalue weighted by Gasteiger charge is 2.57. The predicted molar refractivity (Wildman–Crippen MR) is 183 cm³/mol. The SMILES string of the molecule is CC(O)C(=O)SCCNC(=O)CCNC(=O)C(O)C(C)(C)COP(=O)(O)OP(=O)(O)OCC1OC(C)(n2cnc3c(N)ncnc32)C(O)C1OP(=O)(O)O. The van der Waals surface area contributed by atoms with Crippen molar-refractivity contribution in [3.8, 4) is 0 Å². The molecule has 8 atom stereocenters. The van der Waals surface area contributed by atoms with Gasteiger partial charge in [0.15, 0.2) is 17.2 Å². The van der Waals surface area contributed by atoms with E-state index in [1.165, 1.54) is 27.7 Å². The lowest BCUT2D eigenvalue weighted by atomic mass is 9.87. The van der Waals surface area contributed by atoms with Crippen molar-refractivity contribution in [2.24, 2.45) is 5.41 Å². The number of phosphoric acid groups is 3. The first kappa shape index (κ1) is 45.9. The average molecular weight is 854 g/mol. The fourth-order valence-corrected chi connectivity index (χ4v) is 8.18. The minimum atomic E-state index is -5.59. The second kappa shape index (κ2) is 18.2. The van der Waals surface area contributed by atoms with E-state index in [4.69, 9.17) is 29.1 Å². The summed E-state index contributed by atoms with van der Waals surface area (Å²) in [6, 6.07) is 0. The number of nitrogen functional groups attached to an aromatic ring is 1. The molecule has 0 aliphatic carbocycles. The Morgan fingerprint density at radius 1 is 1.07 bits per heavy atom. The Bertz CT molecular complexity index is 1810. The number of hydrogen-bond acceptors (Lipinski definition) is 19. The molecule has 1 saturated heterocycles. The molecule has 2 aromatic rings. The number of hydrogen-bond donors (Lipinski definition) is 10. The summed E-state index contributed by atoms with van der Waals surface area (Å²) in [7, 11) is -16.5. The Balaban J connectivity index is 1.56. The molecule has 1 aliphatic heterocycles. The molecule has 25 nitrogen and oxygen atoms in total. The van der Waals surface area contributed by atoms with E-state index in [0.29, 0.717) is 0 Å². The average Bonchev–Trinajstić information content (AvgIpc) is 3.60. The second-order valence-corrected chi connectivity index (χ2v) is 17.8. The molecular weight excluding hydrogens is 811 g/mol. The summed E-state index contributed by atoms with van der Waals surface area (Å²) in [4.78, 5) is 87.0. The van der Waals surface area contributed by atoms with E-state index in [1.54, 1.807) is 0 Å². The number of aliphatic hydroxyl groups is 3. The molecule has 11 N–H and O–H groups in total. The van der Waals surface area contributed by atoms with Gasteiger partial charge in [0.25, 0.3) is 0 Å². The largest absolute Gasteiger partial charge is 0.481 e. The van der Waals surface area contributed by atoms with Crippen molar-refractivity contribution in [2.75, 3.05) is 37.8 Å². The number of aliphatic hydroxyl groups excluding tert-OH is 3. The van der Waals surface area contributed by atoms with E-state index in [9.17, 15) is 57.9 Å². The number of rotatable bonds is 20. The van der Waals surface area contributed by atoms with Gasteiger partial charge in [0.2, 0.25) is 16.9 Å². The summed E-state index contributed by atoms with van der Waals surface area (Å²) in [5.41, 5.74) is 2.26. The van der Waals surface area contributed by atoms with E-state index in [2.05, 4.69) is 29.9 Å². The van der Waals surface area contributed by atoms with Crippen LogP contribution >= 0.6 is 35.2 Å². The van der Waals surface area contributed by atoms with Crippen molar-refractivity contribution in [3.63, 3.8) is 0 Å². The number of anilines is 1. The van der Waals surface area contributed by atoms with Crippen molar-refractivity contribution in [1.82, 2.24) is 30.2 Å². The molecule has 0 saturated carbocycles. The Labute approximate surface area is 310 Å². The number of imidazole rings is 1. The van der Waals surface area contributed by atoms with Gasteiger partial charge in [-0.1, -0.05) is 25.6 Å². The minimum Gasteiger partial charge on any atom is -0.385 e. The van der Waals surface area contributed by atoms with Crippen LogP contribution in [0.15, 0.2) is 12.7 Å². The maximum Gasteiger partial charge on any atom is 0.481 e. The summed E-state index contributed by atoms with van der Waals surface area (Å²) in [6.45, 7) is 2.83. The molecule has 0 aromatic carbocycles. The number of fused-ring (bicyclic) bond motifs is 1. The van der Waals surface area contributed by atoms with Crippen LogP contribution in [-0.2, 0) is 56.4 Å². The molecule has 3 rings (SSSR count). The molecule has 306 valence electrons. The van der Waals surface area contributed by atoms with Gasteiger partial charge >= 0.3 is 23.5 Å². The lowest BCUT2D eigenvalue weighted by molar-refractivity contribution is -0.137. The predicted octanol–water partition coefficient (Wildman–Crippen LogP) is -1.78. The summed E-state index contributed by atoms with van der Waals surface area (Å²) < 4.78 is 62.5. The number of carbonyl (C=O) groups excluding carboxylic acids is 3. The first-order chi connectivity index (χ1) is 24.8. The highest BCUT2D eigenvalue weighted by atomic mass is 32.2. The van der Waals surface area contributed by atoms with Crippen LogP contribution in [0.3, 0.4) is 0 Å². The van der Waals surface area contributed by atoms with Crippen molar-refractivity contribution < 1.29 is 85.6 Å². The molecule has 1 fully saturated rings. The van der Waals surface area contributed by atoms with E-state index >= 15 is 0 Å². The summed E-state index contributed by atoms with van der Waals surface area (Å²) in [5, 5.41) is 35.1. The van der Waals surface area contributed by atoms with Gasteiger partial charge in [0.05, 0.1) is 19.5 Å². The highest BCUT2D eigenvalue weighted by Crippen LogP contribution is 2.61. The zero-order valence-electron chi connectivity index (χ0n) is 29.0. The van der Waals surface area contributed by atoms with Crippen molar-refractivity contribution in [3.05, 3.63) is 12.7 Å². The third-order valence-corrected chi connectivity index (χ3v) is 11.7. The molecule has 29 heteroatoms. The molecule has 1 aliphatic rings. The van der Waals surface area contributed by atoms with Crippen LogP contribution in [0.4, 0.5) is 5.82 Å². The number of phosphoric ester groups is 3. The van der Waals surface area contributed by atoms with Crippen molar-refractivity contribution in [1.29, 1.82) is 0 Å². The van der Waals surface area contributed by atoms with E-state index in [1.807, 2.05) is 0 Å². The molecule has 2 aromatic heterocycles. The second-order valence-electron chi connectivity index (χ2n) is 12.5. The van der Waals surface area contributed by atoms with E-state index in [-0.39, 0.29) is 42.2 Å². The number of carbonyl (C=O) groups is 3. The van der Waals surface area contributed by atoms with Gasteiger partial charge in [0, 0.05) is 30.7 Å². The number of aromatic nitrogens is 4.